The van der Waals surface area contributed by atoms with Crippen LogP contribution in [0.2, 0.25) is 0 Å². The lowest BCUT2D eigenvalue weighted by atomic mass is 10.0. The second-order valence-electron chi connectivity index (χ2n) is 3.97. The summed E-state index contributed by atoms with van der Waals surface area (Å²) in [5, 5.41) is 14.0. The molecular weight excluding hydrogens is 190 g/mol. The van der Waals surface area contributed by atoms with Crippen molar-refractivity contribution < 1.29 is 5.21 Å². The Balaban J connectivity index is 0.000000531. The van der Waals surface area contributed by atoms with E-state index in [1.54, 1.807) is 0 Å². The Bertz CT molecular complexity index is 152. The van der Waals surface area contributed by atoms with E-state index < -0.39 is 0 Å². The number of nitrogens with one attached hydrogen (secondary N) is 1. The molecule has 2 N–H and O–H groups in total. The Morgan fingerprint density at radius 3 is 2.07 bits per heavy atom. The number of rotatable bonds is 1. The van der Waals surface area contributed by atoms with Crippen molar-refractivity contribution in [3.05, 3.63) is 0 Å². The van der Waals surface area contributed by atoms with Crippen molar-refractivity contribution in [2.75, 3.05) is 39.3 Å². The standard InChI is InChI=1S/C9H19N3O.C2H6/c13-12-7-5-11(6-8-12)9-1-3-10-4-2-9;1-2/h9-10,13H,1-8H2;1-2H3. The molecule has 0 aromatic heterocycles. The van der Waals surface area contributed by atoms with E-state index in [1.807, 2.05) is 13.8 Å². The lowest BCUT2D eigenvalue weighted by Gasteiger charge is -2.38. The lowest BCUT2D eigenvalue weighted by Crippen LogP contribution is -2.51. The Morgan fingerprint density at radius 2 is 1.53 bits per heavy atom. The van der Waals surface area contributed by atoms with Gasteiger partial charge in [0.1, 0.15) is 0 Å². The van der Waals surface area contributed by atoms with Gasteiger partial charge in [0, 0.05) is 32.2 Å². The average Bonchev–Trinajstić information content (AvgIpc) is 2.34. The van der Waals surface area contributed by atoms with Gasteiger partial charge in [-0.05, 0) is 25.9 Å². The second-order valence-corrected chi connectivity index (χ2v) is 3.97. The third kappa shape index (κ3) is 4.07. The molecule has 0 radical (unpaired) electrons. The maximum atomic E-state index is 9.22. The highest BCUT2D eigenvalue weighted by Crippen LogP contribution is 2.13. The van der Waals surface area contributed by atoms with Crippen molar-refractivity contribution in [3.63, 3.8) is 0 Å². The van der Waals surface area contributed by atoms with Crippen LogP contribution in [0.4, 0.5) is 0 Å². The van der Waals surface area contributed by atoms with Crippen molar-refractivity contribution in [1.82, 2.24) is 15.3 Å². The van der Waals surface area contributed by atoms with Gasteiger partial charge in [0.25, 0.3) is 0 Å². The molecule has 0 aromatic carbocycles. The van der Waals surface area contributed by atoms with E-state index in [2.05, 4.69) is 10.2 Å². The summed E-state index contributed by atoms with van der Waals surface area (Å²) >= 11 is 0. The summed E-state index contributed by atoms with van der Waals surface area (Å²) in [5.74, 6) is 0. The minimum Gasteiger partial charge on any atom is -0.317 e. The Hall–Kier alpha value is -0.160. The molecule has 2 saturated heterocycles. The molecule has 2 heterocycles. The van der Waals surface area contributed by atoms with E-state index in [0.29, 0.717) is 0 Å². The van der Waals surface area contributed by atoms with Crippen molar-refractivity contribution in [2.24, 2.45) is 0 Å². The zero-order chi connectivity index (χ0) is 11.1. The van der Waals surface area contributed by atoms with Crippen molar-refractivity contribution in [2.45, 2.75) is 32.7 Å². The maximum absolute atomic E-state index is 9.22. The first-order valence-electron chi connectivity index (χ1n) is 6.25. The molecule has 0 aromatic rings. The van der Waals surface area contributed by atoms with Gasteiger partial charge in [-0.1, -0.05) is 13.8 Å². The van der Waals surface area contributed by atoms with E-state index in [1.165, 1.54) is 17.9 Å². The molecule has 0 spiro atoms. The molecule has 90 valence electrons. The summed E-state index contributed by atoms with van der Waals surface area (Å²) in [6.45, 7) is 9.99. The van der Waals surface area contributed by atoms with Crippen LogP contribution in [0.15, 0.2) is 0 Å². The zero-order valence-corrected chi connectivity index (χ0v) is 10.1. The average molecular weight is 215 g/mol. The number of hydroxylamine groups is 2. The predicted octanol–water partition coefficient (Wildman–Crippen LogP) is 0.771. The van der Waals surface area contributed by atoms with Gasteiger partial charge in [-0.3, -0.25) is 4.90 Å². The Labute approximate surface area is 93.2 Å². The molecule has 15 heavy (non-hydrogen) atoms. The molecule has 2 fully saturated rings. The van der Waals surface area contributed by atoms with Crippen LogP contribution in [-0.2, 0) is 0 Å². The molecule has 0 unspecified atom stereocenters. The number of hydrogen-bond donors (Lipinski definition) is 2. The van der Waals surface area contributed by atoms with E-state index in [-0.39, 0.29) is 0 Å². The molecule has 0 atom stereocenters. The highest BCUT2D eigenvalue weighted by molar-refractivity contribution is 4.80. The fourth-order valence-corrected chi connectivity index (χ4v) is 2.25. The molecule has 2 rings (SSSR count). The molecule has 0 aliphatic carbocycles. The number of hydrogen-bond acceptors (Lipinski definition) is 4. The van der Waals surface area contributed by atoms with Crippen LogP contribution >= 0.6 is 0 Å². The summed E-state index contributed by atoms with van der Waals surface area (Å²) in [4.78, 5) is 2.52. The van der Waals surface area contributed by atoms with E-state index in [4.69, 9.17) is 0 Å². The number of piperazine rings is 1. The van der Waals surface area contributed by atoms with E-state index in [0.717, 1.165) is 45.3 Å². The summed E-state index contributed by atoms with van der Waals surface area (Å²) in [7, 11) is 0. The third-order valence-corrected chi connectivity index (χ3v) is 3.12. The largest absolute Gasteiger partial charge is 0.317 e. The molecule has 2 aliphatic heterocycles. The van der Waals surface area contributed by atoms with E-state index >= 15 is 0 Å². The van der Waals surface area contributed by atoms with Gasteiger partial charge in [0.05, 0.1) is 0 Å². The van der Waals surface area contributed by atoms with Gasteiger partial charge >= 0.3 is 0 Å². The molecule has 4 nitrogen and oxygen atoms in total. The van der Waals surface area contributed by atoms with Gasteiger partial charge in [-0.15, -0.1) is 0 Å². The molecular formula is C11H25N3O. The van der Waals surface area contributed by atoms with Crippen LogP contribution in [0.3, 0.4) is 0 Å². The Morgan fingerprint density at radius 1 is 1.00 bits per heavy atom. The van der Waals surface area contributed by atoms with E-state index in [9.17, 15) is 5.21 Å². The molecule has 4 heteroatoms. The van der Waals surface area contributed by atoms with Crippen LogP contribution in [0.1, 0.15) is 26.7 Å². The lowest BCUT2D eigenvalue weighted by molar-refractivity contribution is -0.123. The first-order chi connectivity index (χ1) is 7.36. The minimum absolute atomic E-state index is 0.759. The summed E-state index contributed by atoms with van der Waals surface area (Å²) in [6.07, 6.45) is 2.54. The fraction of sp³-hybridized carbons (Fsp3) is 1.00. The van der Waals surface area contributed by atoms with Gasteiger partial charge in [-0.2, -0.15) is 5.06 Å². The fourth-order valence-electron chi connectivity index (χ4n) is 2.25. The smallest absolute Gasteiger partial charge is 0.0366 e. The maximum Gasteiger partial charge on any atom is 0.0366 e. The molecule has 2 aliphatic rings. The number of piperidine rings is 1. The third-order valence-electron chi connectivity index (χ3n) is 3.12. The highest BCUT2D eigenvalue weighted by atomic mass is 16.5. The minimum atomic E-state index is 0.759. The van der Waals surface area contributed by atoms with Crippen molar-refractivity contribution in [3.8, 4) is 0 Å². The van der Waals surface area contributed by atoms with Gasteiger partial charge in [0.2, 0.25) is 0 Å². The van der Waals surface area contributed by atoms with Gasteiger partial charge < -0.3 is 10.5 Å². The summed E-state index contributed by atoms with van der Waals surface area (Å²) < 4.78 is 0. The quantitative estimate of drug-likeness (QED) is 0.678. The normalized spacial score (nSPS) is 25.8. The highest BCUT2D eigenvalue weighted by Gasteiger charge is 2.23. The van der Waals surface area contributed by atoms with Crippen molar-refractivity contribution in [1.29, 1.82) is 0 Å². The monoisotopic (exact) mass is 215 g/mol. The Kier molecular flexibility index (Phi) is 6.17. The second kappa shape index (κ2) is 7.17. The van der Waals surface area contributed by atoms with Crippen LogP contribution in [0.5, 0.6) is 0 Å². The number of nitrogens with zero attached hydrogens (tertiary/aromatic N) is 2. The van der Waals surface area contributed by atoms with Gasteiger partial charge in [0.15, 0.2) is 0 Å². The summed E-state index contributed by atoms with van der Waals surface area (Å²) in [6, 6.07) is 0.759. The first kappa shape index (κ1) is 12.9. The first-order valence-corrected chi connectivity index (χ1v) is 6.25. The zero-order valence-electron chi connectivity index (χ0n) is 10.1. The molecule has 0 amide bonds. The summed E-state index contributed by atoms with van der Waals surface area (Å²) in [5.41, 5.74) is 0. The van der Waals surface area contributed by atoms with Crippen LogP contribution in [0, 0.1) is 0 Å². The SMILES string of the molecule is CC.ON1CCN(C2CCNCC2)CC1. The topological polar surface area (TPSA) is 38.7 Å². The van der Waals surface area contributed by atoms with Gasteiger partial charge in [-0.25, -0.2) is 0 Å². The van der Waals surface area contributed by atoms with Crippen LogP contribution in [-0.4, -0.2) is 60.5 Å². The molecule has 0 saturated carbocycles. The predicted molar refractivity (Wildman–Crippen MR) is 62.2 cm³/mol. The van der Waals surface area contributed by atoms with Crippen LogP contribution in [0.25, 0.3) is 0 Å². The van der Waals surface area contributed by atoms with Crippen LogP contribution < -0.4 is 5.32 Å². The molecule has 0 bridgehead atoms. The van der Waals surface area contributed by atoms with Crippen molar-refractivity contribution >= 4 is 0 Å².